The highest BCUT2D eigenvalue weighted by Crippen LogP contribution is 2.30. The third-order valence-corrected chi connectivity index (χ3v) is 3.75. The maximum absolute atomic E-state index is 9.91. The Hall–Kier alpha value is -0.0800. The van der Waals surface area contributed by atoms with Crippen LogP contribution < -0.4 is 0 Å². The Kier molecular flexibility index (Phi) is 3.45. The van der Waals surface area contributed by atoms with Gasteiger partial charge in [0.1, 0.15) is 0 Å². The van der Waals surface area contributed by atoms with Crippen molar-refractivity contribution in [3.63, 3.8) is 0 Å². The van der Waals surface area contributed by atoms with E-state index in [1.807, 2.05) is 0 Å². The van der Waals surface area contributed by atoms with Crippen molar-refractivity contribution in [1.29, 1.82) is 0 Å². The van der Waals surface area contributed by atoms with Gasteiger partial charge in [-0.3, -0.25) is 0 Å². The normalized spacial score (nSPS) is 25.9. The van der Waals surface area contributed by atoms with Gasteiger partial charge in [0.15, 0.2) is 0 Å². The zero-order valence-electron chi connectivity index (χ0n) is 9.28. The maximum Gasteiger partial charge on any atom is 0.0669 e. The van der Waals surface area contributed by atoms with Gasteiger partial charge >= 0.3 is 0 Å². The molecule has 2 rings (SSSR count). The second-order valence-electron chi connectivity index (χ2n) is 5.21. The quantitative estimate of drug-likeness (QED) is 0.729. The molecule has 0 spiro atoms. The fraction of sp³-hybridized carbons (Fsp3) is 1.00. The van der Waals surface area contributed by atoms with E-state index in [1.54, 1.807) is 0 Å². The third-order valence-electron chi connectivity index (χ3n) is 3.75. The van der Waals surface area contributed by atoms with E-state index in [1.165, 1.54) is 38.5 Å². The Morgan fingerprint density at radius 3 is 2.43 bits per heavy atom. The number of aliphatic hydroxyl groups is 1. The second-order valence-corrected chi connectivity index (χ2v) is 5.21. The van der Waals surface area contributed by atoms with E-state index in [9.17, 15) is 5.11 Å². The molecule has 2 fully saturated rings. The predicted molar refractivity (Wildman–Crippen MR) is 58.2 cm³/mol. The smallest absolute Gasteiger partial charge is 0.0669 e. The molecule has 82 valence electrons. The number of hydrogen-bond donors (Lipinski definition) is 1. The Balaban J connectivity index is 1.63. The molecule has 2 heteroatoms. The lowest BCUT2D eigenvalue weighted by Gasteiger charge is -2.22. The van der Waals surface area contributed by atoms with Crippen LogP contribution in [0, 0.1) is 5.92 Å². The van der Waals surface area contributed by atoms with Crippen LogP contribution in [0.4, 0.5) is 0 Å². The second kappa shape index (κ2) is 4.63. The van der Waals surface area contributed by atoms with Gasteiger partial charge in [0.05, 0.1) is 6.10 Å². The number of nitrogens with zero attached hydrogens (tertiary/aromatic N) is 1. The number of rotatable bonds is 5. The Morgan fingerprint density at radius 1 is 1.21 bits per heavy atom. The van der Waals surface area contributed by atoms with Crippen molar-refractivity contribution >= 4 is 0 Å². The minimum absolute atomic E-state index is 0.0799. The van der Waals surface area contributed by atoms with E-state index in [0.29, 0.717) is 0 Å². The van der Waals surface area contributed by atoms with Crippen molar-refractivity contribution in [2.24, 2.45) is 5.92 Å². The topological polar surface area (TPSA) is 23.5 Å². The van der Waals surface area contributed by atoms with Crippen LogP contribution >= 0.6 is 0 Å². The summed E-state index contributed by atoms with van der Waals surface area (Å²) in [6, 6.07) is 0.785. The van der Waals surface area contributed by atoms with Gasteiger partial charge in [-0.15, -0.1) is 0 Å². The lowest BCUT2D eigenvalue weighted by Crippen LogP contribution is -2.31. The molecule has 0 amide bonds. The molecule has 0 bridgehead atoms. The van der Waals surface area contributed by atoms with Gasteiger partial charge in [-0.25, -0.2) is 0 Å². The molecule has 0 heterocycles. The summed E-state index contributed by atoms with van der Waals surface area (Å²) in [7, 11) is 2.15. The van der Waals surface area contributed by atoms with Crippen molar-refractivity contribution in [3.8, 4) is 0 Å². The van der Waals surface area contributed by atoms with E-state index >= 15 is 0 Å². The van der Waals surface area contributed by atoms with Crippen molar-refractivity contribution < 1.29 is 5.11 Å². The standard InChI is InChI=1S/C12H23NO/c1-13(11-6-7-11)9-12(14)8-10-4-2-3-5-10/h10-12,14H,2-9H2,1H3. The van der Waals surface area contributed by atoms with Gasteiger partial charge in [0, 0.05) is 12.6 Å². The van der Waals surface area contributed by atoms with E-state index in [-0.39, 0.29) is 6.10 Å². The molecule has 0 aromatic heterocycles. The fourth-order valence-corrected chi connectivity index (χ4v) is 2.70. The summed E-state index contributed by atoms with van der Waals surface area (Å²) in [5, 5.41) is 9.91. The predicted octanol–water partition coefficient (Wildman–Crippen LogP) is 2.02. The molecule has 1 atom stereocenters. The number of aliphatic hydroxyl groups excluding tert-OH is 1. The van der Waals surface area contributed by atoms with E-state index in [0.717, 1.165) is 24.9 Å². The van der Waals surface area contributed by atoms with E-state index in [4.69, 9.17) is 0 Å². The van der Waals surface area contributed by atoms with Crippen molar-refractivity contribution in [2.45, 2.75) is 57.1 Å². The molecule has 0 aliphatic heterocycles. The lowest BCUT2D eigenvalue weighted by molar-refractivity contribution is 0.0991. The van der Waals surface area contributed by atoms with Crippen LogP contribution in [0.25, 0.3) is 0 Å². The molecule has 2 aliphatic carbocycles. The molecule has 14 heavy (non-hydrogen) atoms. The molecule has 2 nitrogen and oxygen atoms in total. The average molecular weight is 197 g/mol. The molecule has 2 aliphatic rings. The molecular weight excluding hydrogens is 174 g/mol. The molecule has 1 unspecified atom stereocenters. The molecule has 2 saturated carbocycles. The SMILES string of the molecule is CN(CC(O)CC1CCCC1)C1CC1. The molecule has 0 radical (unpaired) electrons. The van der Waals surface area contributed by atoms with Crippen LogP contribution in [-0.4, -0.2) is 35.7 Å². The van der Waals surface area contributed by atoms with Gasteiger partial charge < -0.3 is 10.0 Å². The van der Waals surface area contributed by atoms with Crippen LogP contribution in [0.15, 0.2) is 0 Å². The number of hydrogen-bond acceptors (Lipinski definition) is 2. The summed E-state index contributed by atoms with van der Waals surface area (Å²) in [5.41, 5.74) is 0. The highest BCUT2D eigenvalue weighted by Gasteiger charge is 2.28. The lowest BCUT2D eigenvalue weighted by atomic mass is 10.00. The summed E-state index contributed by atoms with van der Waals surface area (Å²) in [6.07, 6.45) is 9.11. The molecule has 0 aromatic carbocycles. The van der Waals surface area contributed by atoms with Crippen molar-refractivity contribution in [3.05, 3.63) is 0 Å². The van der Waals surface area contributed by atoms with Crippen LogP contribution in [0.5, 0.6) is 0 Å². The monoisotopic (exact) mass is 197 g/mol. The van der Waals surface area contributed by atoms with Gasteiger partial charge in [0.2, 0.25) is 0 Å². The minimum atomic E-state index is -0.0799. The zero-order chi connectivity index (χ0) is 9.97. The summed E-state index contributed by atoms with van der Waals surface area (Å²) < 4.78 is 0. The average Bonchev–Trinajstić information content (AvgIpc) is 2.87. The van der Waals surface area contributed by atoms with Crippen LogP contribution in [0.3, 0.4) is 0 Å². The Labute approximate surface area is 87.3 Å². The number of likely N-dealkylation sites (N-methyl/N-ethyl adjacent to an activating group) is 1. The Morgan fingerprint density at radius 2 is 1.86 bits per heavy atom. The van der Waals surface area contributed by atoms with Gasteiger partial charge in [0.25, 0.3) is 0 Å². The third kappa shape index (κ3) is 2.96. The van der Waals surface area contributed by atoms with Gasteiger partial charge in [-0.05, 0) is 32.2 Å². The molecule has 0 saturated heterocycles. The molecule has 1 N–H and O–H groups in total. The first kappa shape index (κ1) is 10.4. The van der Waals surface area contributed by atoms with Crippen molar-refractivity contribution in [1.82, 2.24) is 4.90 Å². The highest BCUT2D eigenvalue weighted by molar-refractivity contribution is 4.84. The van der Waals surface area contributed by atoms with Crippen LogP contribution in [-0.2, 0) is 0 Å². The highest BCUT2D eigenvalue weighted by atomic mass is 16.3. The molecule has 0 aromatic rings. The van der Waals surface area contributed by atoms with Gasteiger partial charge in [-0.2, -0.15) is 0 Å². The largest absolute Gasteiger partial charge is 0.392 e. The summed E-state index contributed by atoms with van der Waals surface area (Å²) >= 11 is 0. The summed E-state index contributed by atoms with van der Waals surface area (Å²) in [5.74, 6) is 0.817. The first-order valence-corrected chi connectivity index (χ1v) is 6.14. The van der Waals surface area contributed by atoms with Crippen molar-refractivity contribution in [2.75, 3.05) is 13.6 Å². The fourth-order valence-electron chi connectivity index (χ4n) is 2.70. The summed E-state index contributed by atoms with van der Waals surface area (Å²) in [6.45, 7) is 0.890. The van der Waals surface area contributed by atoms with Crippen LogP contribution in [0.1, 0.15) is 44.9 Å². The first-order valence-electron chi connectivity index (χ1n) is 6.14. The first-order chi connectivity index (χ1) is 6.75. The van der Waals surface area contributed by atoms with E-state index in [2.05, 4.69) is 11.9 Å². The van der Waals surface area contributed by atoms with Crippen LogP contribution in [0.2, 0.25) is 0 Å². The minimum Gasteiger partial charge on any atom is -0.392 e. The maximum atomic E-state index is 9.91. The Bertz CT molecular complexity index is 169. The van der Waals surface area contributed by atoms with Gasteiger partial charge in [-0.1, -0.05) is 25.7 Å². The summed E-state index contributed by atoms with van der Waals surface area (Å²) in [4.78, 5) is 2.33. The van der Waals surface area contributed by atoms with E-state index < -0.39 is 0 Å². The molecular formula is C12H23NO. The zero-order valence-corrected chi connectivity index (χ0v) is 9.28.